The zero-order valence-electron chi connectivity index (χ0n) is 17.9. The van der Waals surface area contributed by atoms with Crippen molar-refractivity contribution in [2.24, 2.45) is 0 Å². The van der Waals surface area contributed by atoms with E-state index < -0.39 is 6.10 Å². The number of aliphatic hydroxyl groups is 1. The van der Waals surface area contributed by atoms with Gasteiger partial charge in [0.05, 0.1) is 52.0 Å². The number of fused-ring (bicyclic) bond motifs is 2. The van der Waals surface area contributed by atoms with Gasteiger partial charge in [-0.25, -0.2) is 4.98 Å². The molecule has 164 valence electrons. The molecule has 0 saturated heterocycles. The van der Waals surface area contributed by atoms with Gasteiger partial charge in [0.15, 0.2) is 11.5 Å². The summed E-state index contributed by atoms with van der Waals surface area (Å²) in [6, 6.07) is 6.91. The Kier molecular flexibility index (Phi) is 5.71. The van der Waals surface area contributed by atoms with E-state index in [-0.39, 0.29) is 5.56 Å². The lowest BCUT2D eigenvalue weighted by atomic mass is 9.95. The lowest BCUT2D eigenvalue weighted by Crippen LogP contribution is -2.34. The van der Waals surface area contributed by atoms with E-state index in [2.05, 4.69) is 9.97 Å². The molecule has 2 heterocycles. The van der Waals surface area contributed by atoms with Crippen LogP contribution in [0.15, 0.2) is 29.1 Å². The van der Waals surface area contributed by atoms with Gasteiger partial charge in [0.25, 0.3) is 5.56 Å². The molecule has 0 aliphatic carbocycles. The number of aliphatic hydroxyl groups excluding tert-OH is 1. The highest BCUT2D eigenvalue weighted by atomic mass is 16.5. The van der Waals surface area contributed by atoms with E-state index in [4.69, 9.17) is 18.9 Å². The zero-order valence-corrected chi connectivity index (χ0v) is 17.9. The Bertz CT molecular complexity index is 1180. The fraction of sp³-hybridized carbons (Fsp3) is 0.364. The number of nitrogens with one attached hydrogen (secondary N) is 1. The number of hydrogen-bond acceptors (Lipinski definition) is 8. The van der Waals surface area contributed by atoms with E-state index in [9.17, 15) is 9.90 Å². The SMILES string of the molecule is COc1cc2nc(CN3Cc4c(OC)ccc(OC)c4[C@H](O)C3)[nH]c(=O)c2cc1OC. The van der Waals surface area contributed by atoms with Crippen LogP contribution in [0.4, 0.5) is 0 Å². The minimum atomic E-state index is -0.759. The highest BCUT2D eigenvalue weighted by Gasteiger charge is 2.30. The summed E-state index contributed by atoms with van der Waals surface area (Å²) < 4.78 is 21.5. The van der Waals surface area contributed by atoms with Crippen LogP contribution in [0.2, 0.25) is 0 Å². The van der Waals surface area contributed by atoms with Crippen molar-refractivity contribution in [2.45, 2.75) is 19.2 Å². The molecule has 0 radical (unpaired) electrons. The summed E-state index contributed by atoms with van der Waals surface area (Å²) >= 11 is 0. The van der Waals surface area contributed by atoms with Gasteiger partial charge in [-0.3, -0.25) is 9.69 Å². The number of hydrogen-bond donors (Lipinski definition) is 2. The first-order valence-electron chi connectivity index (χ1n) is 9.78. The van der Waals surface area contributed by atoms with Gasteiger partial charge in [0.1, 0.15) is 17.3 Å². The third-order valence-corrected chi connectivity index (χ3v) is 5.49. The molecule has 2 aromatic carbocycles. The van der Waals surface area contributed by atoms with E-state index in [1.54, 1.807) is 32.4 Å². The van der Waals surface area contributed by atoms with Gasteiger partial charge in [-0.1, -0.05) is 0 Å². The van der Waals surface area contributed by atoms with E-state index in [0.29, 0.717) is 59.4 Å². The Labute approximate surface area is 179 Å². The highest BCUT2D eigenvalue weighted by molar-refractivity contribution is 5.81. The zero-order chi connectivity index (χ0) is 22.1. The number of nitrogens with zero attached hydrogens (tertiary/aromatic N) is 2. The summed E-state index contributed by atoms with van der Waals surface area (Å²) in [4.78, 5) is 22.1. The normalized spacial score (nSPS) is 16.1. The van der Waals surface area contributed by atoms with Crippen LogP contribution in [0.5, 0.6) is 23.0 Å². The molecule has 4 rings (SSSR count). The molecule has 0 spiro atoms. The van der Waals surface area contributed by atoms with E-state index >= 15 is 0 Å². The van der Waals surface area contributed by atoms with Gasteiger partial charge in [0.2, 0.25) is 0 Å². The molecule has 1 aliphatic heterocycles. The third kappa shape index (κ3) is 3.77. The van der Waals surface area contributed by atoms with Gasteiger partial charge in [0, 0.05) is 30.3 Å². The molecule has 0 amide bonds. The van der Waals surface area contributed by atoms with Crippen LogP contribution in [0, 0.1) is 0 Å². The summed E-state index contributed by atoms with van der Waals surface area (Å²) in [6.45, 7) is 1.22. The number of β-amino-alcohol motifs (C(OH)–C–C–N with tert-alkyl or cyclic N) is 1. The maximum atomic E-state index is 12.7. The van der Waals surface area contributed by atoms with E-state index in [0.717, 1.165) is 11.1 Å². The Balaban J connectivity index is 1.68. The van der Waals surface area contributed by atoms with Crippen LogP contribution in [-0.2, 0) is 13.1 Å². The van der Waals surface area contributed by atoms with E-state index in [1.807, 2.05) is 11.0 Å². The summed E-state index contributed by atoms with van der Waals surface area (Å²) in [7, 11) is 6.22. The molecule has 1 aromatic heterocycles. The van der Waals surface area contributed by atoms with Crippen LogP contribution in [0.3, 0.4) is 0 Å². The fourth-order valence-corrected chi connectivity index (χ4v) is 4.07. The van der Waals surface area contributed by atoms with Crippen molar-refractivity contribution in [1.29, 1.82) is 0 Å². The molecule has 0 bridgehead atoms. The second-order valence-electron chi connectivity index (χ2n) is 7.28. The average molecular weight is 427 g/mol. The Morgan fingerprint density at radius 1 is 1.03 bits per heavy atom. The molecule has 1 aliphatic rings. The molecule has 0 fully saturated rings. The molecule has 31 heavy (non-hydrogen) atoms. The minimum absolute atomic E-state index is 0.266. The van der Waals surface area contributed by atoms with Crippen molar-refractivity contribution >= 4 is 10.9 Å². The number of benzene rings is 2. The van der Waals surface area contributed by atoms with Gasteiger partial charge >= 0.3 is 0 Å². The predicted molar refractivity (Wildman–Crippen MR) is 114 cm³/mol. The lowest BCUT2D eigenvalue weighted by Gasteiger charge is -2.33. The van der Waals surface area contributed by atoms with Crippen molar-refractivity contribution < 1.29 is 24.1 Å². The summed E-state index contributed by atoms with van der Waals surface area (Å²) in [6.07, 6.45) is -0.759. The maximum Gasteiger partial charge on any atom is 0.258 e. The molecule has 1 atom stereocenters. The van der Waals surface area contributed by atoms with Crippen molar-refractivity contribution in [1.82, 2.24) is 14.9 Å². The summed E-state index contributed by atoms with van der Waals surface area (Å²) in [5.74, 6) is 2.75. The highest BCUT2D eigenvalue weighted by Crippen LogP contribution is 2.39. The van der Waals surface area contributed by atoms with Crippen molar-refractivity contribution in [2.75, 3.05) is 35.0 Å². The standard InChI is InChI=1S/C22H25N3O6/c1-28-16-5-6-17(29-2)21-13(16)9-25(10-15(21)26)11-20-23-14-8-19(31-4)18(30-3)7-12(14)22(27)24-20/h5-8,15,26H,9-11H2,1-4H3,(H,23,24,27)/t15-/m1/s1. The fourth-order valence-electron chi connectivity index (χ4n) is 4.07. The summed E-state index contributed by atoms with van der Waals surface area (Å²) in [5, 5.41) is 11.2. The lowest BCUT2D eigenvalue weighted by molar-refractivity contribution is 0.0828. The first-order chi connectivity index (χ1) is 15.0. The van der Waals surface area contributed by atoms with Crippen LogP contribution < -0.4 is 24.5 Å². The maximum absolute atomic E-state index is 12.7. The van der Waals surface area contributed by atoms with Crippen molar-refractivity contribution in [3.8, 4) is 23.0 Å². The van der Waals surface area contributed by atoms with Crippen LogP contribution >= 0.6 is 0 Å². The first kappa shape index (κ1) is 21.0. The second-order valence-corrected chi connectivity index (χ2v) is 7.28. The van der Waals surface area contributed by atoms with E-state index in [1.165, 1.54) is 14.2 Å². The minimum Gasteiger partial charge on any atom is -0.496 e. The number of aromatic nitrogens is 2. The first-order valence-corrected chi connectivity index (χ1v) is 9.78. The molecule has 0 saturated carbocycles. The monoisotopic (exact) mass is 427 g/mol. The van der Waals surface area contributed by atoms with Gasteiger partial charge in [-0.2, -0.15) is 0 Å². The van der Waals surface area contributed by atoms with Gasteiger partial charge in [-0.05, 0) is 18.2 Å². The molecule has 9 heteroatoms. The molecular weight excluding hydrogens is 402 g/mol. The Hall–Kier alpha value is -3.30. The number of aromatic amines is 1. The van der Waals surface area contributed by atoms with Gasteiger partial charge in [-0.15, -0.1) is 0 Å². The van der Waals surface area contributed by atoms with Crippen LogP contribution in [0.25, 0.3) is 10.9 Å². The van der Waals surface area contributed by atoms with Gasteiger partial charge < -0.3 is 29.0 Å². The molecule has 3 aromatic rings. The molecule has 2 N–H and O–H groups in total. The largest absolute Gasteiger partial charge is 0.496 e. The molecule has 0 unspecified atom stereocenters. The second kappa shape index (κ2) is 8.44. The Morgan fingerprint density at radius 2 is 1.68 bits per heavy atom. The predicted octanol–water partition coefficient (Wildman–Crippen LogP) is 2.01. The molecule has 9 nitrogen and oxygen atoms in total. The number of methoxy groups -OCH3 is 4. The molecular formula is C22H25N3O6. The van der Waals surface area contributed by atoms with Crippen LogP contribution in [-0.4, -0.2) is 55.0 Å². The average Bonchev–Trinajstić information content (AvgIpc) is 2.77. The van der Waals surface area contributed by atoms with Crippen molar-refractivity contribution in [3.05, 3.63) is 51.6 Å². The number of rotatable bonds is 6. The van der Waals surface area contributed by atoms with Crippen molar-refractivity contribution in [3.63, 3.8) is 0 Å². The third-order valence-electron chi connectivity index (χ3n) is 5.49. The number of ether oxygens (including phenoxy) is 4. The Morgan fingerprint density at radius 3 is 2.35 bits per heavy atom. The summed E-state index contributed by atoms with van der Waals surface area (Å²) in [5.41, 5.74) is 1.83. The number of H-pyrrole nitrogens is 1. The van der Waals surface area contributed by atoms with Crippen LogP contribution in [0.1, 0.15) is 23.1 Å². The smallest absolute Gasteiger partial charge is 0.258 e. The topological polar surface area (TPSA) is 106 Å². The quantitative estimate of drug-likeness (QED) is 0.615.